The lowest BCUT2D eigenvalue weighted by Gasteiger charge is -2.17. The Labute approximate surface area is 410 Å². The molecule has 0 fully saturated rings. The number of nitrogens with one attached hydrogen (secondary N) is 2. The van der Waals surface area contributed by atoms with Gasteiger partial charge in [0.15, 0.2) is 40.3 Å². The van der Waals surface area contributed by atoms with Gasteiger partial charge in [-0.15, -0.1) is 0 Å². The number of esters is 1. The van der Waals surface area contributed by atoms with Gasteiger partial charge in [-0.2, -0.15) is 0 Å². The molecule has 0 saturated carbocycles. The zero-order chi connectivity index (χ0) is 50.0. The van der Waals surface area contributed by atoms with E-state index in [0.29, 0.717) is 59.1 Å². The SMILES string of the molecule is CCOC(=O)c1ccc(CC(=O)[C@H](Cc2ccccc2)NC(=O)/C=C/c2ccc3c(c2)OCO3)cc1.O=C(/C=C/c1ccc2c(c1)OCO2)N[C@@H](Cc1ccccc1)C(=O)Cc1ccc(C(=O)CO)cc1. The van der Waals surface area contributed by atoms with Gasteiger partial charge in [-0.05, 0) is 102 Å². The van der Waals surface area contributed by atoms with Crippen LogP contribution in [0.4, 0.5) is 0 Å². The van der Waals surface area contributed by atoms with Crippen molar-refractivity contribution in [1.82, 2.24) is 10.6 Å². The molecular formula is C57H52N2O12. The summed E-state index contributed by atoms with van der Waals surface area (Å²) >= 11 is 0. The van der Waals surface area contributed by atoms with Crippen molar-refractivity contribution in [3.63, 3.8) is 0 Å². The molecule has 6 aromatic rings. The molecule has 6 aromatic carbocycles. The van der Waals surface area contributed by atoms with Crippen molar-refractivity contribution in [2.45, 2.75) is 44.7 Å². The number of benzene rings is 6. The Morgan fingerprint density at radius 2 is 0.958 bits per heavy atom. The normalized spacial score (nSPS) is 12.9. The summed E-state index contributed by atoms with van der Waals surface area (Å²) in [4.78, 5) is 75.3. The molecule has 3 N–H and O–H groups in total. The van der Waals surface area contributed by atoms with Crippen molar-refractivity contribution in [2.24, 2.45) is 0 Å². The molecule has 0 aliphatic carbocycles. The van der Waals surface area contributed by atoms with Gasteiger partial charge in [0.25, 0.3) is 0 Å². The summed E-state index contributed by atoms with van der Waals surface area (Å²) in [7, 11) is 0. The molecule has 0 aromatic heterocycles. The number of amides is 2. The van der Waals surface area contributed by atoms with E-state index in [4.69, 9.17) is 28.8 Å². The van der Waals surface area contributed by atoms with Crippen molar-refractivity contribution in [2.75, 3.05) is 26.8 Å². The quantitative estimate of drug-likeness (QED) is 0.0394. The first kappa shape index (κ1) is 50.3. The summed E-state index contributed by atoms with van der Waals surface area (Å²) in [5, 5.41) is 14.7. The molecule has 2 atom stereocenters. The van der Waals surface area contributed by atoms with Crippen molar-refractivity contribution in [3.8, 4) is 23.0 Å². The van der Waals surface area contributed by atoms with Gasteiger partial charge in [0, 0.05) is 30.6 Å². The third-order valence-corrected chi connectivity index (χ3v) is 11.3. The van der Waals surface area contributed by atoms with E-state index in [9.17, 15) is 28.8 Å². The Balaban J connectivity index is 0.000000209. The van der Waals surface area contributed by atoms with E-state index < -0.39 is 24.7 Å². The molecule has 0 unspecified atom stereocenters. The monoisotopic (exact) mass is 956 g/mol. The van der Waals surface area contributed by atoms with Crippen molar-refractivity contribution < 1.29 is 57.6 Å². The minimum Gasteiger partial charge on any atom is -0.462 e. The molecule has 0 bridgehead atoms. The molecule has 14 heteroatoms. The summed E-state index contributed by atoms with van der Waals surface area (Å²) in [6, 6.07) is 41.6. The van der Waals surface area contributed by atoms with E-state index in [1.54, 1.807) is 91.9 Å². The lowest BCUT2D eigenvalue weighted by Crippen LogP contribution is -2.42. The van der Waals surface area contributed by atoms with Crippen LogP contribution in [-0.2, 0) is 49.6 Å². The van der Waals surface area contributed by atoms with E-state index >= 15 is 0 Å². The highest BCUT2D eigenvalue weighted by atomic mass is 16.7. The van der Waals surface area contributed by atoms with Crippen LogP contribution in [0, 0.1) is 0 Å². The van der Waals surface area contributed by atoms with E-state index in [2.05, 4.69) is 10.6 Å². The highest BCUT2D eigenvalue weighted by molar-refractivity contribution is 5.99. The number of carbonyl (C=O) groups is 6. The van der Waals surface area contributed by atoms with Gasteiger partial charge in [0.2, 0.25) is 25.4 Å². The number of aliphatic hydroxyl groups excluding tert-OH is 1. The first-order valence-corrected chi connectivity index (χ1v) is 22.9. The number of aliphatic hydroxyl groups is 1. The summed E-state index contributed by atoms with van der Waals surface area (Å²) in [6.07, 6.45) is 7.03. The maximum atomic E-state index is 13.2. The lowest BCUT2D eigenvalue weighted by atomic mass is 9.97. The Morgan fingerprint density at radius 3 is 1.38 bits per heavy atom. The van der Waals surface area contributed by atoms with Crippen LogP contribution in [0.25, 0.3) is 12.2 Å². The Hall–Kier alpha value is -8.62. The third-order valence-electron chi connectivity index (χ3n) is 11.3. The maximum Gasteiger partial charge on any atom is 0.338 e. The van der Waals surface area contributed by atoms with Crippen LogP contribution in [-0.4, -0.2) is 79.1 Å². The average molecular weight is 957 g/mol. The topological polar surface area (TPSA) is 193 Å². The molecule has 8 rings (SSSR count). The van der Waals surface area contributed by atoms with Crippen LogP contribution < -0.4 is 29.6 Å². The molecule has 2 aliphatic rings. The molecule has 362 valence electrons. The van der Waals surface area contributed by atoms with Gasteiger partial charge in [-0.1, -0.05) is 109 Å². The smallest absolute Gasteiger partial charge is 0.338 e. The first-order chi connectivity index (χ1) is 34.5. The second-order valence-electron chi connectivity index (χ2n) is 16.4. The standard InChI is InChI=1S/C29H27NO6.C28H25NO6/c1-2-34-29(33)23-12-8-21(9-13-23)17-25(31)24(16-20-6-4-3-5-7-20)30-28(32)15-11-22-10-14-26-27(18-22)36-19-35-26;30-17-25(32)22-10-6-20(7-11-22)15-24(31)23(14-19-4-2-1-3-5-19)29-28(33)13-9-21-8-12-26-27(16-21)35-18-34-26/h3-15,18,24H,2,16-17,19H2,1H3,(H,30,32);1-13,16,23,30H,14-15,17-18H2,(H,29,33)/b15-11+;13-9+/t24-;23-/m00/s1. The fourth-order valence-electron chi connectivity index (χ4n) is 7.53. The van der Waals surface area contributed by atoms with E-state index in [1.165, 1.54) is 12.2 Å². The van der Waals surface area contributed by atoms with E-state index in [-0.39, 0.29) is 55.6 Å². The summed E-state index contributed by atoms with van der Waals surface area (Å²) in [5.74, 6) is 0.743. The number of Topliss-reactive ketones (excluding diaryl/α,β-unsaturated/α-hetero) is 3. The van der Waals surface area contributed by atoms with Crippen LogP contribution >= 0.6 is 0 Å². The van der Waals surface area contributed by atoms with E-state index in [1.807, 2.05) is 72.8 Å². The number of hydrogen-bond donors (Lipinski definition) is 3. The molecule has 2 aliphatic heterocycles. The number of ketones is 3. The van der Waals surface area contributed by atoms with Gasteiger partial charge < -0.3 is 39.4 Å². The maximum absolute atomic E-state index is 13.2. The van der Waals surface area contributed by atoms with Crippen molar-refractivity contribution in [1.29, 1.82) is 0 Å². The zero-order valence-corrected chi connectivity index (χ0v) is 38.9. The highest BCUT2D eigenvalue weighted by Crippen LogP contribution is 2.34. The largest absolute Gasteiger partial charge is 0.462 e. The van der Waals surface area contributed by atoms with Gasteiger partial charge in [-0.25, -0.2) is 4.79 Å². The molecule has 0 radical (unpaired) electrons. The van der Waals surface area contributed by atoms with Crippen LogP contribution in [0.2, 0.25) is 0 Å². The molecule has 0 spiro atoms. The fourth-order valence-corrected chi connectivity index (χ4v) is 7.53. The van der Waals surface area contributed by atoms with Crippen LogP contribution in [0.15, 0.2) is 158 Å². The third kappa shape index (κ3) is 14.9. The minimum atomic E-state index is -0.731. The predicted molar refractivity (Wildman–Crippen MR) is 265 cm³/mol. The van der Waals surface area contributed by atoms with Crippen molar-refractivity contribution >= 4 is 47.3 Å². The summed E-state index contributed by atoms with van der Waals surface area (Å²) in [5.41, 5.74) is 5.68. The fraction of sp³-hybridized carbons (Fsp3) is 0.193. The average Bonchev–Trinajstić information content (AvgIpc) is 4.08. The molecule has 71 heavy (non-hydrogen) atoms. The number of ether oxygens (including phenoxy) is 5. The Morgan fingerprint density at radius 1 is 0.535 bits per heavy atom. The first-order valence-electron chi connectivity index (χ1n) is 22.9. The Kier molecular flexibility index (Phi) is 17.8. The lowest BCUT2D eigenvalue weighted by molar-refractivity contribution is -0.125. The second kappa shape index (κ2) is 25.1. The number of fused-ring (bicyclic) bond motifs is 2. The summed E-state index contributed by atoms with van der Waals surface area (Å²) < 4.78 is 26.3. The molecule has 0 saturated heterocycles. The molecule has 14 nitrogen and oxygen atoms in total. The van der Waals surface area contributed by atoms with Gasteiger partial charge in [-0.3, -0.25) is 24.0 Å². The van der Waals surface area contributed by atoms with Crippen LogP contribution in [0.3, 0.4) is 0 Å². The Bertz CT molecular complexity index is 2880. The molecule has 2 amide bonds. The summed E-state index contributed by atoms with van der Waals surface area (Å²) in [6.45, 7) is 1.83. The minimum absolute atomic E-state index is 0.0945. The zero-order valence-electron chi connectivity index (χ0n) is 38.9. The highest BCUT2D eigenvalue weighted by Gasteiger charge is 2.23. The van der Waals surface area contributed by atoms with Crippen LogP contribution in [0.1, 0.15) is 61.0 Å². The van der Waals surface area contributed by atoms with Crippen LogP contribution in [0.5, 0.6) is 23.0 Å². The van der Waals surface area contributed by atoms with E-state index in [0.717, 1.165) is 27.8 Å². The van der Waals surface area contributed by atoms with Crippen molar-refractivity contribution in [3.05, 3.63) is 202 Å². The molecule has 2 heterocycles. The van der Waals surface area contributed by atoms with Gasteiger partial charge >= 0.3 is 5.97 Å². The second-order valence-corrected chi connectivity index (χ2v) is 16.4. The van der Waals surface area contributed by atoms with Gasteiger partial charge in [0.05, 0.1) is 24.3 Å². The number of carbonyl (C=O) groups excluding carboxylic acids is 6. The molecular weight excluding hydrogens is 905 g/mol. The van der Waals surface area contributed by atoms with Gasteiger partial charge in [0.1, 0.15) is 6.61 Å². The predicted octanol–water partition coefficient (Wildman–Crippen LogP) is 7.29. The number of hydrogen-bond acceptors (Lipinski definition) is 12. The number of rotatable bonds is 20.